The van der Waals surface area contributed by atoms with Gasteiger partial charge in [0.2, 0.25) is 5.91 Å². The molecule has 0 fully saturated rings. The van der Waals surface area contributed by atoms with Gasteiger partial charge < -0.3 is 20.5 Å². The van der Waals surface area contributed by atoms with Crippen LogP contribution in [-0.2, 0) is 9.53 Å². The summed E-state index contributed by atoms with van der Waals surface area (Å²) in [6, 6.07) is 5.17. The molecule has 2 rings (SSSR count). The lowest BCUT2D eigenvalue weighted by Gasteiger charge is -2.10. The number of nitrogens with zero attached hydrogens (tertiary/aromatic N) is 1. The number of aromatic nitrogens is 1. The number of methoxy groups -OCH3 is 1. The second-order valence-corrected chi connectivity index (χ2v) is 5.81. The molecular weight excluding hydrogens is 302 g/mol. The van der Waals surface area contributed by atoms with E-state index in [-0.39, 0.29) is 17.7 Å². The molecule has 1 aromatic heterocycles. The number of hydrogen-bond donors (Lipinski definition) is 3. The molecule has 0 unspecified atom stereocenters. The van der Waals surface area contributed by atoms with Crippen LogP contribution in [0.4, 0.5) is 10.8 Å². The fourth-order valence-electron chi connectivity index (χ4n) is 1.96. The van der Waals surface area contributed by atoms with Gasteiger partial charge in [-0.15, -0.1) is 11.3 Å². The van der Waals surface area contributed by atoms with Crippen LogP contribution in [0.1, 0.15) is 13.8 Å². The molecule has 1 aromatic carbocycles. The van der Waals surface area contributed by atoms with E-state index in [0.29, 0.717) is 12.3 Å². The number of nitrogens with one attached hydrogen (secondary N) is 2. The van der Waals surface area contributed by atoms with Crippen LogP contribution in [0.3, 0.4) is 0 Å². The molecule has 0 bridgehead atoms. The van der Waals surface area contributed by atoms with E-state index < -0.39 is 0 Å². The van der Waals surface area contributed by atoms with Crippen LogP contribution < -0.4 is 10.6 Å². The molecule has 118 valence electrons. The summed E-state index contributed by atoms with van der Waals surface area (Å²) in [4.78, 5) is 15.7. The van der Waals surface area contributed by atoms with Crippen molar-refractivity contribution in [2.24, 2.45) is 0 Å². The first-order valence-electron chi connectivity index (χ1n) is 6.81. The maximum atomic E-state index is 11.1. The Kier molecular flexibility index (Phi) is 5.35. The van der Waals surface area contributed by atoms with E-state index in [1.807, 2.05) is 12.3 Å². The number of hydrogen-bond acceptors (Lipinski definition) is 6. The van der Waals surface area contributed by atoms with Gasteiger partial charge in [-0.05, 0) is 25.1 Å². The minimum absolute atomic E-state index is 0.0289. The van der Waals surface area contributed by atoms with Crippen LogP contribution in [0.15, 0.2) is 23.6 Å². The molecule has 1 amide bonds. The molecule has 0 aliphatic heterocycles. The van der Waals surface area contributed by atoms with Gasteiger partial charge in [-0.3, -0.25) is 4.79 Å². The molecule has 0 aliphatic carbocycles. The number of benzene rings is 1. The Morgan fingerprint density at radius 2 is 2.27 bits per heavy atom. The Hall–Kier alpha value is -2.12. The molecule has 0 saturated carbocycles. The van der Waals surface area contributed by atoms with Crippen molar-refractivity contribution in [1.29, 1.82) is 0 Å². The van der Waals surface area contributed by atoms with E-state index in [1.54, 1.807) is 25.3 Å². The first kappa shape index (κ1) is 16.3. The molecule has 0 saturated heterocycles. The Morgan fingerprint density at radius 1 is 1.50 bits per heavy atom. The minimum atomic E-state index is -0.235. The number of amides is 1. The van der Waals surface area contributed by atoms with Crippen LogP contribution in [0, 0.1) is 0 Å². The number of rotatable bonds is 6. The highest BCUT2D eigenvalue weighted by Crippen LogP contribution is 2.31. The highest BCUT2D eigenvalue weighted by Gasteiger charge is 2.10. The summed E-state index contributed by atoms with van der Waals surface area (Å²) >= 11 is 1.49. The standard InChI is InChI=1S/C15H19N3O3S/c1-9(7-21-3)16-15-18-13(8-22-15)11-4-5-14(20)12(6-11)17-10(2)19/h4-6,8-9,20H,7H2,1-3H3,(H,16,18)(H,17,19)/t9-/m0/s1. The second-order valence-electron chi connectivity index (χ2n) is 4.95. The van der Waals surface area contributed by atoms with Gasteiger partial charge in [0.1, 0.15) is 5.75 Å². The maximum Gasteiger partial charge on any atom is 0.221 e. The maximum absolute atomic E-state index is 11.1. The molecule has 0 aliphatic rings. The number of anilines is 2. The fourth-order valence-corrected chi connectivity index (χ4v) is 2.79. The molecule has 7 heteroatoms. The Balaban J connectivity index is 2.18. The predicted molar refractivity (Wildman–Crippen MR) is 88.5 cm³/mol. The number of phenols is 1. The van der Waals surface area contributed by atoms with Crippen molar-refractivity contribution < 1.29 is 14.6 Å². The van der Waals surface area contributed by atoms with Crippen molar-refractivity contribution in [2.75, 3.05) is 24.4 Å². The zero-order chi connectivity index (χ0) is 16.1. The first-order valence-corrected chi connectivity index (χ1v) is 7.69. The van der Waals surface area contributed by atoms with Crippen molar-refractivity contribution in [3.63, 3.8) is 0 Å². The van der Waals surface area contributed by atoms with Crippen LogP contribution in [0.25, 0.3) is 11.3 Å². The van der Waals surface area contributed by atoms with Crippen molar-refractivity contribution in [3.05, 3.63) is 23.6 Å². The fraction of sp³-hybridized carbons (Fsp3) is 0.333. The predicted octanol–water partition coefficient (Wildman–Crippen LogP) is 2.92. The third-order valence-electron chi connectivity index (χ3n) is 2.89. The topological polar surface area (TPSA) is 83.5 Å². The normalized spacial score (nSPS) is 12.0. The smallest absolute Gasteiger partial charge is 0.221 e. The SMILES string of the molecule is COC[C@H](C)Nc1nc(-c2ccc(O)c(NC(C)=O)c2)cs1. The number of ether oxygens (including phenoxy) is 1. The zero-order valence-electron chi connectivity index (χ0n) is 12.7. The number of thiazole rings is 1. The molecule has 1 heterocycles. The number of carbonyl (C=O) groups excluding carboxylic acids is 1. The van der Waals surface area contributed by atoms with Gasteiger partial charge in [0.05, 0.1) is 18.0 Å². The summed E-state index contributed by atoms with van der Waals surface area (Å²) in [5.74, 6) is -0.206. The quantitative estimate of drug-likeness (QED) is 0.713. The van der Waals surface area contributed by atoms with Gasteiger partial charge in [0.15, 0.2) is 5.13 Å². The van der Waals surface area contributed by atoms with Gasteiger partial charge in [-0.1, -0.05) is 0 Å². The summed E-state index contributed by atoms with van der Waals surface area (Å²) in [6.45, 7) is 4.01. The number of carbonyl (C=O) groups is 1. The first-order chi connectivity index (χ1) is 10.5. The second kappa shape index (κ2) is 7.24. The summed E-state index contributed by atoms with van der Waals surface area (Å²) in [7, 11) is 1.66. The van der Waals surface area contributed by atoms with Crippen molar-refractivity contribution >= 4 is 28.1 Å². The van der Waals surface area contributed by atoms with E-state index in [2.05, 4.69) is 15.6 Å². The van der Waals surface area contributed by atoms with E-state index >= 15 is 0 Å². The van der Waals surface area contributed by atoms with Gasteiger partial charge in [0.25, 0.3) is 0 Å². The third kappa shape index (κ3) is 4.19. The Bertz CT molecular complexity index is 657. The summed E-state index contributed by atoms with van der Waals surface area (Å²) in [5, 5.41) is 18.3. The lowest BCUT2D eigenvalue weighted by Crippen LogP contribution is -2.20. The largest absolute Gasteiger partial charge is 0.506 e. The Morgan fingerprint density at radius 3 is 2.95 bits per heavy atom. The third-order valence-corrected chi connectivity index (χ3v) is 3.67. The van der Waals surface area contributed by atoms with Gasteiger partial charge in [-0.2, -0.15) is 0 Å². The molecule has 0 radical (unpaired) electrons. The lowest BCUT2D eigenvalue weighted by atomic mass is 10.1. The van der Waals surface area contributed by atoms with Crippen LogP contribution in [0.2, 0.25) is 0 Å². The molecule has 1 atom stereocenters. The summed E-state index contributed by atoms with van der Waals surface area (Å²) in [6.07, 6.45) is 0. The number of phenolic OH excluding ortho intramolecular Hbond substituents is 1. The van der Waals surface area contributed by atoms with Gasteiger partial charge in [-0.25, -0.2) is 4.98 Å². The van der Waals surface area contributed by atoms with E-state index in [1.165, 1.54) is 18.3 Å². The lowest BCUT2D eigenvalue weighted by molar-refractivity contribution is -0.114. The van der Waals surface area contributed by atoms with Crippen molar-refractivity contribution in [1.82, 2.24) is 4.98 Å². The van der Waals surface area contributed by atoms with Crippen molar-refractivity contribution in [2.45, 2.75) is 19.9 Å². The van der Waals surface area contributed by atoms with Crippen LogP contribution in [-0.4, -0.2) is 35.8 Å². The Labute approximate surface area is 133 Å². The summed E-state index contributed by atoms with van der Waals surface area (Å²) in [5.41, 5.74) is 1.98. The van der Waals surface area contributed by atoms with Crippen molar-refractivity contribution in [3.8, 4) is 17.0 Å². The highest BCUT2D eigenvalue weighted by atomic mass is 32.1. The summed E-state index contributed by atoms with van der Waals surface area (Å²) < 4.78 is 5.08. The highest BCUT2D eigenvalue weighted by molar-refractivity contribution is 7.14. The minimum Gasteiger partial charge on any atom is -0.506 e. The van der Waals surface area contributed by atoms with Gasteiger partial charge in [0, 0.05) is 31.0 Å². The van der Waals surface area contributed by atoms with Crippen LogP contribution in [0.5, 0.6) is 5.75 Å². The molecule has 6 nitrogen and oxygen atoms in total. The average Bonchev–Trinajstić information content (AvgIpc) is 2.89. The zero-order valence-corrected chi connectivity index (χ0v) is 13.5. The molecular formula is C15H19N3O3S. The average molecular weight is 321 g/mol. The van der Waals surface area contributed by atoms with E-state index in [4.69, 9.17) is 4.74 Å². The molecule has 3 N–H and O–H groups in total. The molecule has 22 heavy (non-hydrogen) atoms. The van der Waals surface area contributed by atoms with Gasteiger partial charge >= 0.3 is 0 Å². The van der Waals surface area contributed by atoms with Crippen LogP contribution >= 0.6 is 11.3 Å². The molecule has 0 spiro atoms. The van der Waals surface area contributed by atoms with E-state index in [9.17, 15) is 9.90 Å². The van der Waals surface area contributed by atoms with E-state index in [0.717, 1.165) is 16.4 Å². The monoisotopic (exact) mass is 321 g/mol. The number of aromatic hydroxyl groups is 1. The molecule has 2 aromatic rings.